The number of methoxy groups -OCH3 is 1. The number of ether oxygens (including phenoxy) is 1. The summed E-state index contributed by atoms with van der Waals surface area (Å²) in [5, 5.41) is 5.96. The molecule has 3 rings (SSSR count). The highest BCUT2D eigenvalue weighted by atomic mass is 16.5. The Bertz CT molecular complexity index is 747. The lowest BCUT2D eigenvalue weighted by molar-refractivity contribution is -0.125. The van der Waals surface area contributed by atoms with Gasteiger partial charge in [0, 0.05) is 30.5 Å². The molecule has 1 heterocycles. The highest BCUT2D eigenvalue weighted by Gasteiger charge is 2.34. The van der Waals surface area contributed by atoms with Gasteiger partial charge in [0.1, 0.15) is 5.75 Å². The molecule has 136 valence electrons. The molecule has 0 radical (unpaired) electrons. The summed E-state index contributed by atoms with van der Waals surface area (Å²) in [6.07, 6.45) is 5.96. The van der Waals surface area contributed by atoms with Gasteiger partial charge in [0.15, 0.2) is 0 Å². The summed E-state index contributed by atoms with van der Waals surface area (Å²) in [4.78, 5) is 29.0. The molecule has 2 N–H and O–H groups in total. The average molecular weight is 353 g/mol. The van der Waals surface area contributed by atoms with Crippen molar-refractivity contribution in [2.24, 2.45) is 5.92 Å². The molecule has 1 aromatic heterocycles. The van der Waals surface area contributed by atoms with E-state index in [1.54, 1.807) is 43.8 Å². The van der Waals surface area contributed by atoms with E-state index in [-0.39, 0.29) is 23.8 Å². The number of hydrogen-bond acceptors (Lipinski definition) is 4. The van der Waals surface area contributed by atoms with E-state index in [1.165, 1.54) is 0 Å². The molecular weight excluding hydrogens is 330 g/mol. The minimum atomic E-state index is -0.200. The zero-order chi connectivity index (χ0) is 18.4. The van der Waals surface area contributed by atoms with Crippen LogP contribution in [0.2, 0.25) is 0 Å². The first-order valence-corrected chi connectivity index (χ1v) is 8.79. The molecule has 0 saturated heterocycles. The Hall–Kier alpha value is -2.89. The Labute approximate surface area is 153 Å². The Morgan fingerprint density at radius 3 is 2.69 bits per heavy atom. The summed E-state index contributed by atoms with van der Waals surface area (Å²) in [5.74, 6) is 0.319. The number of amides is 2. The SMILES string of the molecule is COc1ccc(C(=O)N[C@@H]2CCC[C@@H]2C(=O)NCc2cccnc2)cc1. The van der Waals surface area contributed by atoms with Crippen LogP contribution in [0, 0.1) is 5.92 Å². The Balaban J connectivity index is 1.56. The largest absolute Gasteiger partial charge is 0.497 e. The molecule has 2 aromatic rings. The summed E-state index contributed by atoms with van der Waals surface area (Å²) in [5.41, 5.74) is 1.52. The third-order valence-corrected chi connectivity index (χ3v) is 4.71. The Morgan fingerprint density at radius 2 is 2.00 bits per heavy atom. The number of rotatable bonds is 6. The third kappa shape index (κ3) is 4.39. The molecule has 0 bridgehead atoms. The van der Waals surface area contributed by atoms with E-state index >= 15 is 0 Å². The summed E-state index contributed by atoms with van der Waals surface area (Å²) < 4.78 is 5.11. The van der Waals surface area contributed by atoms with Crippen molar-refractivity contribution in [3.05, 3.63) is 59.9 Å². The molecule has 26 heavy (non-hydrogen) atoms. The standard InChI is InChI=1S/C20H23N3O3/c1-26-16-9-7-15(8-10-16)19(24)23-18-6-2-5-17(18)20(25)22-13-14-4-3-11-21-12-14/h3-4,7-12,17-18H,2,5-6,13H2,1H3,(H,22,25)(H,23,24)/t17-,18+/m0/s1. The van der Waals surface area contributed by atoms with Crippen molar-refractivity contribution in [2.45, 2.75) is 31.8 Å². The number of hydrogen-bond donors (Lipinski definition) is 2. The number of pyridine rings is 1. The second-order valence-corrected chi connectivity index (χ2v) is 6.42. The van der Waals surface area contributed by atoms with Crippen molar-refractivity contribution in [1.82, 2.24) is 15.6 Å². The maximum Gasteiger partial charge on any atom is 0.251 e. The number of carbonyl (C=O) groups excluding carboxylic acids is 2. The van der Waals surface area contributed by atoms with Crippen molar-refractivity contribution in [3.63, 3.8) is 0 Å². The van der Waals surface area contributed by atoms with Crippen molar-refractivity contribution >= 4 is 11.8 Å². The molecule has 2 atom stereocenters. The first kappa shape index (κ1) is 17.9. The number of nitrogens with zero attached hydrogens (tertiary/aromatic N) is 1. The van der Waals surface area contributed by atoms with Crippen LogP contribution in [0.4, 0.5) is 0 Å². The van der Waals surface area contributed by atoms with Gasteiger partial charge < -0.3 is 15.4 Å². The zero-order valence-electron chi connectivity index (χ0n) is 14.8. The van der Waals surface area contributed by atoms with Gasteiger partial charge in [0.2, 0.25) is 5.91 Å². The van der Waals surface area contributed by atoms with Crippen LogP contribution < -0.4 is 15.4 Å². The minimum absolute atomic E-state index is 0.0219. The van der Waals surface area contributed by atoms with E-state index < -0.39 is 0 Å². The smallest absolute Gasteiger partial charge is 0.251 e. The van der Waals surface area contributed by atoms with Crippen molar-refractivity contribution < 1.29 is 14.3 Å². The van der Waals surface area contributed by atoms with Gasteiger partial charge in [-0.15, -0.1) is 0 Å². The first-order valence-electron chi connectivity index (χ1n) is 8.79. The molecule has 1 saturated carbocycles. The highest BCUT2D eigenvalue weighted by molar-refractivity contribution is 5.95. The monoisotopic (exact) mass is 353 g/mol. The summed E-state index contributed by atoms with van der Waals surface area (Å²) in [6.45, 7) is 0.447. The van der Waals surface area contributed by atoms with E-state index in [0.717, 1.165) is 24.8 Å². The van der Waals surface area contributed by atoms with Gasteiger partial charge in [0.25, 0.3) is 5.91 Å². The first-order chi connectivity index (χ1) is 12.7. The van der Waals surface area contributed by atoms with Gasteiger partial charge in [-0.3, -0.25) is 14.6 Å². The van der Waals surface area contributed by atoms with E-state index in [9.17, 15) is 9.59 Å². The molecule has 1 aliphatic rings. The fourth-order valence-electron chi connectivity index (χ4n) is 3.26. The van der Waals surface area contributed by atoms with Crippen LogP contribution in [0.25, 0.3) is 0 Å². The Kier molecular flexibility index (Phi) is 5.84. The second kappa shape index (κ2) is 8.47. The molecule has 6 nitrogen and oxygen atoms in total. The Morgan fingerprint density at radius 1 is 1.19 bits per heavy atom. The maximum atomic E-state index is 12.5. The lowest BCUT2D eigenvalue weighted by Crippen LogP contribution is -2.43. The molecule has 1 fully saturated rings. The van der Waals surface area contributed by atoms with Crippen LogP contribution in [-0.4, -0.2) is 29.9 Å². The molecule has 6 heteroatoms. The van der Waals surface area contributed by atoms with E-state index in [2.05, 4.69) is 15.6 Å². The van der Waals surface area contributed by atoms with Crippen LogP contribution in [0.3, 0.4) is 0 Å². The molecular formula is C20H23N3O3. The average Bonchev–Trinajstić information content (AvgIpc) is 3.15. The van der Waals surface area contributed by atoms with Crippen LogP contribution in [0.1, 0.15) is 35.2 Å². The molecule has 0 aliphatic heterocycles. The molecule has 2 amide bonds. The summed E-state index contributed by atoms with van der Waals surface area (Å²) >= 11 is 0. The number of nitrogens with one attached hydrogen (secondary N) is 2. The fourth-order valence-corrected chi connectivity index (χ4v) is 3.26. The number of aromatic nitrogens is 1. The van der Waals surface area contributed by atoms with Crippen molar-refractivity contribution in [3.8, 4) is 5.75 Å². The molecule has 1 aromatic carbocycles. The molecule has 0 unspecified atom stereocenters. The quantitative estimate of drug-likeness (QED) is 0.835. The van der Waals surface area contributed by atoms with Crippen LogP contribution in [0.15, 0.2) is 48.8 Å². The molecule has 1 aliphatic carbocycles. The van der Waals surface area contributed by atoms with Gasteiger partial charge >= 0.3 is 0 Å². The normalized spacial score (nSPS) is 19.0. The second-order valence-electron chi connectivity index (χ2n) is 6.42. The van der Waals surface area contributed by atoms with Gasteiger partial charge in [-0.05, 0) is 48.7 Å². The summed E-state index contributed by atoms with van der Waals surface area (Å²) in [6, 6.07) is 10.6. The van der Waals surface area contributed by atoms with Crippen LogP contribution in [-0.2, 0) is 11.3 Å². The van der Waals surface area contributed by atoms with Gasteiger partial charge in [0.05, 0.1) is 13.0 Å². The van der Waals surface area contributed by atoms with Crippen molar-refractivity contribution in [1.29, 1.82) is 0 Å². The van der Waals surface area contributed by atoms with Gasteiger partial charge in [-0.1, -0.05) is 12.5 Å². The minimum Gasteiger partial charge on any atom is -0.497 e. The van der Waals surface area contributed by atoms with Crippen LogP contribution >= 0.6 is 0 Å². The van der Waals surface area contributed by atoms with E-state index in [4.69, 9.17) is 4.74 Å². The van der Waals surface area contributed by atoms with Gasteiger partial charge in [-0.25, -0.2) is 0 Å². The fraction of sp³-hybridized carbons (Fsp3) is 0.350. The third-order valence-electron chi connectivity index (χ3n) is 4.71. The van der Waals surface area contributed by atoms with E-state index in [1.807, 2.05) is 12.1 Å². The zero-order valence-corrected chi connectivity index (χ0v) is 14.8. The summed E-state index contributed by atoms with van der Waals surface area (Å²) in [7, 11) is 1.59. The number of carbonyl (C=O) groups is 2. The van der Waals surface area contributed by atoms with Gasteiger partial charge in [-0.2, -0.15) is 0 Å². The number of benzene rings is 1. The topological polar surface area (TPSA) is 80.3 Å². The predicted molar refractivity (Wildman–Crippen MR) is 97.7 cm³/mol. The lowest BCUT2D eigenvalue weighted by atomic mass is 10.0. The predicted octanol–water partition coefficient (Wildman–Crippen LogP) is 2.31. The maximum absolute atomic E-state index is 12.5. The van der Waals surface area contributed by atoms with Crippen molar-refractivity contribution in [2.75, 3.05) is 7.11 Å². The molecule has 0 spiro atoms. The van der Waals surface area contributed by atoms with E-state index in [0.29, 0.717) is 17.9 Å². The highest BCUT2D eigenvalue weighted by Crippen LogP contribution is 2.26. The van der Waals surface area contributed by atoms with Crippen LogP contribution in [0.5, 0.6) is 5.75 Å². The lowest BCUT2D eigenvalue weighted by Gasteiger charge is -2.20.